The summed E-state index contributed by atoms with van der Waals surface area (Å²) in [5, 5.41) is 0. The Bertz CT molecular complexity index is 262. The van der Waals surface area contributed by atoms with Crippen molar-refractivity contribution in [1.29, 1.82) is 0 Å². The van der Waals surface area contributed by atoms with Gasteiger partial charge in [-0.05, 0) is 13.0 Å². The normalized spacial score (nSPS) is 9.23. The first kappa shape index (κ1) is 12.2. The third kappa shape index (κ3) is 2.32. The molecule has 0 bridgehead atoms. The summed E-state index contributed by atoms with van der Waals surface area (Å²) in [5.41, 5.74) is 6.37. The molecule has 0 saturated heterocycles. The summed E-state index contributed by atoms with van der Waals surface area (Å²) >= 11 is 0. The zero-order chi connectivity index (χ0) is 9.14. The molecule has 0 atom stereocenters. The average molecular weight is 206 g/mol. The maximum atomic E-state index is 13.3. The van der Waals surface area contributed by atoms with Crippen LogP contribution in [0.1, 0.15) is 11.1 Å². The lowest BCUT2D eigenvalue weighted by Crippen LogP contribution is -2.02. The fourth-order valence-electron chi connectivity index (χ4n) is 1.10. The fourth-order valence-corrected chi connectivity index (χ4v) is 1.10. The number of ether oxygens (including phenoxy) is 1. The van der Waals surface area contributed by atoms with Crippen LogP contribution >= 0.6 is 12.4 Å². The molecule has 2 N–H and O–H groups in total. The number of benzene rings is 1. The third-order valence-electron chi connectivity index (χ3n) is 1.86. The van der Waals surface area contributed by atoms with E-state index < -0.39 is 0 Å². The molecule has 74 valence electrons. The summed E-state index contributed by atoms with van der Waals surface area (Å²) in [6.07, 6.45) is 0. The average Bonchev–Trinajstić information content (AvgIpc) is 2.10. The fraction of sp³-hybridized carbons (Fsp3) is 0.333. The lowest BCUT2D eigenvalue weighted by Gasteiger charge is -2.07. The molecular formula is C9H13ClFNO. The minimum atomic E-state index is -0.267. The van der Waals surface area contributed by atoms with Crippen molar-refractivity contribution in [2.45, 2.75) is 13.5 Å². The van der Waals surface area contributed by atoms with E-state index in [9.17, 15) is 4.39 Å². The van der Waals surface area contributed by atoms with Gasteiger partial charge in [0.1, 0.15) is 11.6 Å². The maximum absolute atomic E-state index is 13.3. The van der Waals surface area contributed by atoms with Crippen LogP contribution < -0.4 is 10.5 Å². The summed E-state index contributed by atoms with van der Waals surface area (Å²) in [4.78, 5) is 0. The van der Waals surface area contributed by atoms with Crippen molar-refractivity contribution in [3.05, 3.63) is 29.1 Å². The lowest BCUT2D eigenvalue weighted by molar-refractivity contribution is 0.406. The van der Waals surface area contributed by atoms with E-state index in [1.54, 1.807) is 19.1 Å². The van der Waals surface area contributed by atoms with Gasteiger partial charge in [-0.1, -0.05) is 6.07 Å². The molecule has 13 heavy (non-hydrogen) atoms. The SMILES string of the molecule is COc1ccc(CN)c(F)c1C.Cl. The van der Waals surface area contributed by atoms with E-state index in [-0.39, 0.29) is 24.8 Å². The van der Waals surface area contributed by atoms with Crippen LogP contribution in [0.5, 0.6) is 5.75 Å². The van der Waals surface area contributed by atoms with Gasteiger partial charge in [0.15, 0.2) is 0 Å². The van der Waals surface area contributed by atoms with E-state index in [0.29, 0.717) is 16.9 Å². The third-order valence-corrected chi connectivity index (χ3v) is 1.86. The predicted octanol–water partition coefficient (Wildman–Crippen LogP) is 2.02. The van der Waals surface area contributed by atoms with Crippen LogP contribution in [0.15, 0.2) is 12.1 Å². The van der Waals surface area contributed by atoms with E-state index >= 15 is 0 Å². The van der Waals surface area contributed by atoms with Gasteiger partial charge in [0.25, 0.3) is 0 Å². The number of hydrogen-bond acceptors (Lipinski definition) is 2. The van der Waals surface area contributed by atoms with Gasteiger partial charge in [0.2, 0.25) is 0 Å². The Labute approximate surface area is 83.3 Å². The molecule has 1 aromatic carbocycles. The quantitative estimate of drug-likeness (QED) is 0.802. The Hall–Kier alpha value is -0.800. The second-order valence-corrected chi connectivity index (χ2v) is 2.57. The van der Waals surface area contributed by atoms with E-state index in [4.69, 9.17) is 10.5 Å². The molecule has 0 amide bonds. The molecule has 0 saturated carbocycles. The zero-order valence-electron chi connectivity index (χ0n) is 7.63. The van der Waals surface area contributed by atoms with Gasteiger partial charge >= 0.3 is 0 Å². The number of hydrogen-bond donors (Lipinski definition) is 1. The second-order valence-electron chi connectivity index (χ2n) is 2.57. The summed E-state index contributed by atoms with van der Waals surface area (Å²) in [7, 11) is 1.52. The Balaban J connectivity index is 0.00000144. The molecule has 0 spiro atoms. The van der Waals surface area contributed by atoms with Crippen LogP contribution in [0.25, 0.3) is 0 Å². The summed E-state index contributed by atoms with van der Waals surface area (Å²) in [5.74, 6) is 0.293. The summed E-state index contributed by atoms with van der Waals surface area (Å²) in [6.45, 7) is 1.89. The number of methoxy groups -OCH3 is 1. The molecule has 0 aliphatic carbocycles. The van der Waals surface area contributed by atoms with Crippen molar-refractivity contribution in [3.63, 3.8) is 0 Å². The molecule has 0 fully saturated rings. The Morgan fingerprint density at radius 2 is 2.08 bits per heavy atom. The summed E-state index contributed by atoms with van der Waals surface area (Å²) in [6, 6.07) is 3.36. The molecule has 0 radical (unpaired) electrons. The van der Waals surface area contributed by atoms with Gasteiger partial charge in [0.05, 0.1) is 7.11 Å². The van der Waals surface area contributed by atoms with Crippen LogP contribution in [0.4, 0.5) is 4.39 Å². The second kappa shape index (κ2) is 5.04. The minimum Gasteiger partial charge on any atom is -0.496 e. The zero-order valence-corrected chi connectivity index (χ0v) is 8.45. The van der Waals surface area contributed by atoms with Crippen molar-refractivity contribution in [3.8, 4) is 5.75 Å². The number of nitrogens with two attached hydrogens (primary N) is 1. The number of halogens is 2. The van der Waals surface area contributed by atoms with Gasteiger partial charge in [-0.3, -0.25) is 0 Å². The predicted molar refractivity (Wildman–Crippen MR) is 52.8 cm³/mol. The van der Waals surface area contributed by atoms with E-state index in [1.165, 1.54) is 7.11 Å². The van der Waals surface area contributed by atoms with Gasteiger partial charge in [-0.2, -0.15) is 0 Å². The monoisotopic (exact) mass is 205 g/mol. The number of rotatable bonds is 2. The topological polar surface area (TPSA) is 35.2 Å². The maximum Gasteiger partial charge on any atom is 0.134 e. The van der Waals surface area contributed by atoms with Crippen molar-refractivity contribution in [2.75, 3.05) is 7.11 Å². The highest BCUT2D eigenvalue weighted by atomic mass is 35.5. The van der Waals surface area contributed by atoms with Crippen LogP contribution in [-0.4, -0.2) is 7.11 Å². The van der Waals surface area contributed by atoms with Gasteiger partial charge in [-0.25, -0.2) is 4.39 Å². The van der Waals surface area contributed by atoms with Crippen molar-refractivity contribution in [1.82, 2.24) is 0 Å². The molecular weight excluding hydrogens is 193 g/mol. The smallest absolute Gasteiger partial charge is 0.134 e. The molecule has 4 heteroatoms. The Morgan fingerprint density at radius 1 is 1.46 bits per heavy atom. The highest BCUT2D eigenvalue weighted by Crippen LogP contribution is 2.22. The van der Waals surface area contributed by atoms with Crippen LogP contribution in [0.3, 0.4) is 0 Å². The lowest BCUT2D eigenvalue weighted by atomic mass is 10.1. The molecule has 0 unspecified atom stereocenters. The van der Waals surface area contributed by atoms with Crippen LogP contribution in [0.2, 0.25) is 0 Å². The van der Waals surface area contributed by atoms with E-state index in [2.05, 4.69) is 0 Å². The molecule has 0 aliphatic rings. The molecule has 0 aliphatic heterocycles. The Morgan fingerprint density at radius 3 is 2.54 bits per heavy atom. The van der Waals surface area contributed by atoms with Crippen molar-refractivity contribution in [2.24, 2.45) is 5.73 Å². The van der Waals surface area contributed by atoms with E-state index in [1.807, 2.05) is 0 Å². The molecule has 0 heterocycles. The van der Waals surface area contributed by atoms with Crippen LogP contribution in [0, 0.1) is 12.7 Å². The van der Waals surface area contributed by atoms with Crippen LogP contribution in [-0.2, 0) is 6.54 Å². The van der Waals surface area contributed by atoms with E-state index in [0.717, 1.165) is 0 Å². The molecule has 1 aromatic rings. The minimum absolute atomic E-state index is 0. The summed E-state index contributed by atoms with van der Waals surface area (Å²) < 4.78 is 18.2. The van der Waals surface area contributed by atoms with Crippen molar-refractivity contribution >= 4 is 12.4 Å². The molecule has 0 aromatic heterocycles. The first-order chi connectivity index (χ1) is 5.70. The van der Waals surface area contributed by atoms with Crippen molar-refractivity contribution < 1.29 is 9.13 Å². The van der Waals surface area contributed by atoms with Gasteiger partial charge in [-0.15, -0.1) is 12.4 Å². The van der Waals surface area contributed by atoms with Gasteiger partial charge in [0, 0.05) is 17.7 Å². The Kier molecular flexibility index (Phi) is 4.73. The molecule has 2 nitrogen and oxygen atoms in total. The molecule has 1 rings (SSSR count). The first-order valence-corrected chi connectivity index (χ1v) is 3.72. The highest BCUT2D eigenvalue weighted by Gasteiger charge is 2.07. The standard InChI is InChI=1S/C9H12FNO.ClH/c1-6-8(12-2)4-3-7(5-11)9(6)10;/h3-4H,5,11H2,1-2H3;1H. The highest BCUT2D eigenvalue weighted by molar-refractivity contribution is 5.85. The largest absolute Gasteiger partial charge is 0.496 e. The first-order valence-electron chi connectivity index (χ1n) is 3.72. The van der Waals surface area contributed by atoms with Gasteiger partial charge < -0.3 is 10.5 Å².